The number of morpholine rings is 1. The average molecular weight is 277 g/mol. The second-order valence-corrected chi connectivity index (χ2v) is 5.63. The molecule has 0 radical (unpaired) electrons. The predicted molar refractivity (Wildman–Crippen MR) is 79.5 cm³/mol. The predicted octanol–water partition coefficient (Wildman–Crippen LogP) is 1.86. The van der Waals surface area contributed by atoms with Crippen LogP contribution in [-0.2, 0) is 4.74 Å². The van der Waals surface area contributed by atoms with E-state index in [0.717, 1.165) is 31.0 Å². The fourth-order valence-corrected chi connectivity index (χ4v) is 3.37. The van der Waals surface area contributed by atoms with Crippen LogP contribution in [0.1, 0.15) is 31.4 Å². The highest BCUT2D eigenvalue weighted by Crippen LogP contribution is 2.32. The molecule has 1 aromatic rings. The number of nitrogens with two attached hydrogens (primary N) is 1. The molecule has 2 heterocycles. The van der Waals surface area contributed by atoms with E-state index in [0.29, 0.717) is 17.1 Å². The maximum atomic E-state index is 5.91. The molecule has 0 aromatic carbocycles. The number of rotatable bonds is 2. The van der Waals surface area contributed by atoms with Crippen LogP contribution in [0.3, 0.4) is 0 Å². The van der Waals surface area contributed by atoms with Crippen LogP contribution in [0.5, 0.6) is 0 Å². The van der Waals surface area contributed by atoms with Crippen molar-refractivity contribution in [1.29, 1.82) is 0 Å². The molecule has 2 aliphatic rings. The van der Waals surface area contributed by atoms with Gasteiger partial charge in [-0.05, 0) is 25.0 Å². The Morgan fingerprint density at radius 1 is 1.42 bits per heavy atom. The van der Waals surface area contributed by atoms with Crippen molar-refractivity contribution in [3.05, 3.63) is 24.0 Å². The number of hydrogen-bond donors (Lipinski definition) is 1. The van der Waals surface area contributed by atoms with E-state index in [1.54, 1.807) is 6.20 Å². The molecule has 19 heavy (non-hydrogen) atoms. The molecule has 2 atom stereocenters. The van der Waals surface area contributed by atoms with E-state index in [-0.39, 0.29) is 0 Å². The topological polar surface area (TPSA) is 51.4 Å². The third-order valence-electron chi connectivity index (χ3n) is 4.06. The molecule has 2 unspecified atom stereocenters. The molecule has 2 N–H and O–H groups in total. The summed E-state index contributed by atoms with van der Waals surface area (Å²) in [6.07, 6.45) is 6.96. The lowest BCUT2D eigenvalue weighted by molar-refractivity contribution is -0.00870. The lowest BCUT2D eigenvalue weighted by atomic mass is 9.89. The Kier molecular flexibility index (Phi) is 3.66. The molecule has 0 spiro atoms. The fourth-order valence-electron chi connectivity index (χ4n) is 3.21. The lowest BCUT2D eigenvalue weighted by Crippen LogP contribution is -2.53. The molecule has 1 aliphatic carbocycles. The second kappa shape index (κ2) is 5.43. The van der Waals surface area contributed by atoms with Gasteiger partial charge in [0.05, 0.1) is 24.4 Å². The van der Waals surface area contributed by atoms with E-state index < -0.39 is 0 Å². The number of hydrogen-bond acceptors (Lipinski definition) is 4. The molecule has 4 nitrogen and oxygen atoms in total. The van der Waals surface area contributed by atoms with Crippen molar-refractivity contribution >= 4 is 22.9 Å². The molecule has 0 bridgehead atoms. The minimum Gasteiger partial charge on any atom is -0.388 e. The van der Waals surface area contributed by atoms with E-state index in [1.165, 1.54) is 19.3 Å². The highest BCUT2D eigenvalue weighted by atomic mass is 32.1. The van der Waals surface area contributed by atoms with Crippen molar-refractivity contribution in [1.82, 2.24) is 4.98 Å². The van der Waals surface area contributed by atoms with Crippen molar-refractivity contribution < 1.29 is 4.74 Å². The number of pyridine rings is 1. The van der Waals surface area contributed by atoms with E-state index >= 15 is 0 Å². The molecule has 2 fully saturated rings. The minimum atomic E-state index is 0.349. The highest BCUT2D eigenvalue weighted by Gasteiger charge is 2.35. The Morgan fingerprint density at radius 3 is 3.11 bits per heavy atom. The largest absolute Gasteiger partial charge is 0.388 e. The fraction of sp³-hybridized carbons (Fsp3) is 0.571. The molecule has 5 heteroatoms. The first-order chi connectivity index (χ1) is 9.27. The molecule has 1 saturated carbocycles. The van der Waals surface area contributed by atoms with E-state index in [4.69, 9.17) is 22.7 Å². The van der Waals surface area contributed by atoms with Gasteiger partial charge in [0.1, 0.15) is 10.7 Å². The Hall–Kier alpha value is -1.20. The minimum absolute atomic E-state index is 0.349. The van der Waals surface area contributed by atoms with Crippen molar-refractivity contribution in [2.75, 3.05) is 18.1 Å². The SMILES string of the molecule is NC(=S)c1ncccc1N1CCOC2CCCCC21. The van der Waals surface area contributed by atoms with Gasteiger partial charge in [-0.1, -0.05) is 25.1 Å². The zero-order valence-corrected chi connectivity index (χ0v) is 11.7. The van der Waals surface area contributed by atoms with Gasteiger partial charge in [-0.3, -0.25) is 4.98 Å². The van der Waals surface area contributed by atoms with Gasteiger partial charge in [-0.2, -0.15) is 0 Å². The van der Waals surface area contributed by atoms with E-state index in [9.17, 15) is 0 Å². The summed E-state index contributed by atoms with van der Waals surface area (Å²) in [7, 11) is 0. The van der Waals surface area contributed by atoms with Crippen LogP contribution < -0.4 is 10.6 Å². The molecule has 102 valence electrons. The summed E-state index contributed by atoms with van der Waals surface area (Å²) in [5.41, 5.74) is 7.60. The Morgan fingerprint density at radius 2 is 2.26 bits per heavy atom. The summed E-state index contributed by atoms with van der Waals surface area (Å²) in [6.45, 7) is 1.66. The van der Waals surface area contributed by atoms with Crippen LogP contribution in [0.4, 0.5) is 5.69 Å². The first kappa shape index (κ1) is 12.8. The van der Waals surface area contributed by atoms with Crippen LogP contribution in [0.25, 0.3) is 0 Å². The van der Waals surface area contributed by atoms with E-state index in [1.807, 2.05) is 6.07 Å². The highest BCUT2D eigenvalue weighted by molar-refractivity contribution is 7.80. The molecule has 0 amide bonds. The van der Waals surface area contributed by atoms with Crippen LogP contribution in [0.2, 0.25) is 0 Å². The van der Waals surface area contributed by atoms with Gasteiger partial charge < -0.3 is 15.4 Å². The summed E-state index contributed by atoms with van der Waals surface area (Å²) in [5, 5.41) is 0. The van der Waals surface area contributed by atoms with Crippen molar-refractivity contribution in [2.24, 2.45) is 5.73 Å². The summed E-state index contributed by atoms with van der Waals surface area (Å²) in [4.78, 5) is 7.11. The van der Waals surface area contributed by atoms with Crippen LogP contribution in [0.15, 0.2) is 18.3 Å². The van der Waals surface area contributed by atoms with E-state index in [2.05, 4.69) is 16.0 Å². The molecular formula is C14H19N3OS. The molecular weight excluding hydrogens is 258 g/mol. The molecule has 3 rings (SSSR count). The lowest BCUT2D eigenvalue weighted by Gasteiger charge is -2.45. The summed E-state index contributed by atoms with van der Waals surface area (Å²) < 4.78 is 5.91. The molecule has 1 saturated heterocycles. The summed E-state index contributed by atoms with van der Waals surface area (Å²) >= 11 is 5.12. The van der Waals surface area contributed by atoms with Gasteiger partial charge in [0.15, 0.2) is 0 Å². The Bertz CT molecular complexity index is 478. The first-order valence-corrected chi connectivity index (χ1v) is 7.31. The van der Waals surface area contributed by atoms with Gasteiger partial charge >= 0.3 is 0 Å². The smallest absolute Gasteiger partial charge is 0.124 e. The standard InChI is InChI=1S/C14H19N3OS/c15-14(19)13-11(5-3-7-16-13)17-8-9-18-12-6-2-1-4-10(12)17/h3,5,7,10,12H,1-2,4,6,8-9H2,(H2,15,19). The van der Waals surface area contributed by atoms with Gasteiger partial charge in [-0.25, -0.2) is 0 Å². The maximum Gasteiger partial charge on any atom is 0.124 e. The summed E-state index contributed by atoms with van der Waals surface area (Å²) in [5.74, 6) is 0. The van der Waals surface area contributed by atoms with Gasteiger partial charge in [0.2, 0.25) is 0 Å². The third kappa shape index (κ3) is 2.44. The molecule has 1 aromatic heterocycles. The monoisotopic (exact) mass is 277 g/mol. The van der Waals surface area contributed by atoms with Crippen molar-refractivity contribution in [2.45, 2.75) is 37.8 Å². The zero-order valence-electron chi connectivity index (χ0n) is 10.9. The second-order valence-electron chi connectivity index (χ2n) is 5.19. The van der Waals surface area contributed by atoms with Crippen LogP contribution >= 0.6 is 12.2 Å². The van der Waals surface area contributed by atoms with Gasteiger partial charge in [0.25, 0.3) is 0 Å². The van der Waals surface area contributed by atoms with Gasteiger partial charge in [0, 0.05) is 12.7 Å². The van der Waals surface area contributed by atoms with Crippen LogP contribution in [0, 0.1) is 0 Å². The number of aromatic nitrogens is 1. The normalized spacial score (nSPS) is 26.8. The number of ether oxygens (including phenoxy) is 1. The molecule has 1 aliphatic heterocycles. The average Bonchev–Trinajstić information content (AvgIpc) is 2.46. The Balaban J connectivity index is 1.94. The van der Waals surface area contributed by atoms with Crippen LogP contribution in [-0.4, -0.2) is 35.3 Å². The van der Waals surface area contributed by atoms with Gasteiger partial charge in [-0.15, -0.1) is 0 Å². The first-order valence-electron chi connectivity index (χ1n) is 6.90. The zero-order chi connectivity index (χ0) is 13.2. The quantitative estimate of drug-likeness (QED) is 0.836. The maximum absolute atomic E-state index is 5.91. The number of anilines is 1. The Labute approximate surface area is 118 Å². The number of fused-ring (bicyclic) bond motifs is 1. The third-order valence-corrected chi connectivity index (χ3v) is 4.25. The summed E-state index contributed by atoms with van der Waals surface area (Å²) in [6, 6.07) is 4.46. The number of nitrogens with zero attached hydrogens (tertiary/aromatic N) is 2. The number of thiocarbonyl (C=S) groups is 1. The van der Waals surface area contributed by atoms with Crippen molar-refractivity contribution in [3.8, 4) is 0 Å². The van der Waals surface area contributed by atoms with Crippen molar-refractivity contribution in [3.63, 3.8) is 0 Å².